The topological polar surface area (TPSA) is 82.4 Å². The predicted molar refractivity (Wildman–Crippen MR) is 111 cm³/mol. The van der Waals surface area contributed by atoms with E-state index in [-0.39, 0.29) is 17.7 Å². The minimum atomic E-state index is -0.576. The van der Waals surface area contributed by atoms with E-state index in [9.17, 15) is 9.18 Å². The molecular weight excluding hydrogens is 385 g/mol. The molecule has 1 fully saturated rings. The molecule has 1 amide bonds. The fourth-order valence-electron chi connectivity index (χ4n) is 3.38. The van der Waals surface area contributed by atoms with Gasteiger partial charge < -0.3 is 14.5 Å². The number of nitriles is 1. The van der Waals surface area contributed by atoms with E-state index in [0.29, 0.717) is 17.1 Å². The van der Waals surface area contributed by atoms with E-state index in [1.807, 2.05) is 26.8 Å². The molecule has 0 aliphatic carbocycles. The van der Waals surface area contributed by atoms with Gasteiger partial charge in [-0.2, -0.15) is 5.26 Å². The zero-order valence-corrected chi connectivity index (χ0v) is 17.7. The van der Waals surface area contributed by atoms with Crippen molar-refractivity contribution >= 4 is 11.9 Å². The normalized spacial score (nSPS) is 14.9. The van der Waals surface area contributed by atoms with Crippen LogP contribution < -0.4 is 4.90 Å². The molecule has 1 aliphatic heterocycles. The van der Waals surface area contributed by atoms with Crippen molar-refractivity contribution in [2.75, 3.05) is 25.0 Å². The van der Waals surface area contributed by atoms with Gasteiger partial charge in [0.25, 0.3) is 0 Å². The van der Waals surface area contributed by atoms with Crippen molar-refractivity contribution in [1.29, 1.82) is 5.26 Å². The minimum Gasteiger partial charge on any atom is -0.444 e. The summed E-state index contributed by atoms with van der Waals surface area (Å²) >= 11 is 0. The van der Waals surface area contributed by atoms with Crippen molar-refractivity contribution in [3.05, 3.63) is 42.0 Å². The lowest BCUT2D eigenvalue weighted by atomic mass is 10.0. The molecule has 30 heavy (non-hydrogen) atoms. The summed E-state index contributed by atoms with van der Waals surface area (Å²) in [7, 11) is 1.77. The van der Waals surface area contributed by atoms with E-state index in [1.165, 1.54) is 12.1 Å². The zero-order chi connectivity index (χ0) is 21.9. The van der Waals surface area contributed by atoms with E-state index < -0.39 is 11.4 Å². The number of anilines is 1. The lowest BCUT2D eigenvalue weighted by molar-refractivity contribution is 0.0201. The summed E-state index contributed by atoms with van der Waals surface area (Å²) < 4.78 is 19.4. The summed E-state index contributed by atoms with van der Waals surface area (Å²) in [4.78, 5) is 25.0. The molecule has 158 valence electrons. The Bertz CT molecular complexity index is 959. The van der Waals surface area contributed by atoms with Crippen molar-refractivity contribution in [2.45, 2.75) is 45.3 Å². The number of carbonyl (C=O) groups excluding carboxylic acids is 1. The molecule has 8 heteroatoms. The average molecular weight is 411 g/mol. The second-order valence-electron chi connectivity index (χ2n) is 8.38. The number of halogens is 1. The van der Waals surface area contributed by atoms with Gasteiger partial charge in [0.1, 0.15) is 23.3 Å². The first-order valence-corrected chi connectivity index (χ1v) is 9.91. The number of hydrogen-bond donors (Lipinski definition) is 0. The van der Waals surface area contributed by atoms with Crippen LogP contribution in [0.4, 0.5) is 15.0 Å². The summed E-state index contributed by atoms with van der Waals surface area (Å²) in [6.45, 7) is 7.00. The molecule has 1 aromatic carbocycles. The lowest BCUT2D eigenvalue weighted by Crippen LogP contribution is -2.47. The van der Waals surface area contributed by atoms with Crippen LogP contribution in [-0.4, -0.2) is 52.7 Å². The Morgan fingerprint density at radius 3 is 2.60 bits per heavy atom. The van der Waals surface area contributed by atoms with Gasteiger partial charge in [0.2, 0.25) is 0 Å². The van der Waals surface area contributed by atoms with Crippen LogP contribution in [-0.2, 0) is 4.74 Å². The van der Waals surface area contributed by atoms with Crippen LogP contribution in [0, 0.1) is 17.1 Å². The first kappa shape index (κ1) is 21.5. The first-order chi connectivity index (χ1) is 14.2. The van der Waals surface area contributed by atoms with Gasteiger partial charge in [0.15, 0.2) is 0 Å². The Hall–Kier alpha value is -3.21. The summed E-state index contributed by atoms with van der Waals surface area (Å²) in [6.07, 6.45) is 4.51. The van der Waals surface area contributed by atoms with Crippen LogP contribution in [0.3, 0.4) is 0 Å². The second-order valence-corrected chi connectivity index (χ2v) is 8.38. The van der Waals surface area contributed by atoms with Crippen LogP contribution in [0.15, 0.2) is 30.6 Å². The molecule has 1 aliphatic rings. The summed E-state index contributed by atoms with van der Waals surface area (Å²) in [5, 5.41) is 8.89. The average Bonchev–Trinajstić information content (AvgIpc) is 2.72. The molecule has 3 rings (SSSR count). The van der Waals surface area contributed by atoms with Gasteiger partial charge >= 0.3 is 6.09 Å². The van der Waals surface area contributed by atoms with Crippen molar-refractivity contribution in [1.82, 2.24) is 14.9 Å². The highest BCUT2D eigenvalue weighted by Crippen LogP contribution is 2.25. The molecule has 0 bridgehead atoms. The monoisotopic (exact) mass is 411 g/mol. The summed E-state index contributed by atoms with van der Waals surface area (Å²) in [5.41, 5.74) is 0.593. The Morgan fingerprint density at radius 1 is 1.30 bits per heavy atom. The van der Waals surface area contributed by atoms with Gasteiger partial charge in [-0.25, -0.2) is 14.2 Å². The van der Waals surface area contributed by atoms with E-state index in [2.05, 4.69) is 14.9 Å². The van der Waals surface area contributed by atoms with E-state index in [4.69, 9.17) is 10.00 Å². The smallest absolute Gasteiger partial charge is 0.410 e. The van der Waals surface area contributed by atoms with Gasteiger partial charge in [-0.1, -0.05) is 6.07 Å². The van der Waals surface area contributed by atoms with Crippen molar-refractivity contribution in [3.63, 3.8) is 0 Å². The van der Waals surface area contributed by atoms with Gasteiger partial charge in [-0.15, -0.1) is 0 Å². The SMILES string of the molecule is CN(C(=O)OC(C)(C)C)C1CCN(c2cncc(-c3ccc(C#N)c(F)c3)n2)CC1. The molecule has 2 heterocycles. The molecule has 0 N–H and O–H groups in total. The summed E-state index contributed by atoms with van der Waals surface area (Å²) in [5.74, 6) is 0.129. The number of ether oxygens (including phenoxy) is 1. The van der Waals surface area contributed by atoms with E-state index in [0.717, 1.165) is 25.9 Å². The standard InChI is InChI=1S/C22H26FN5O2/c1-22(2,3)30-21(29)27(4)17-7-9-28(10-8-17)20-14-25-13-19(26-20)15-5-6-16(12-24)18(23)11-15/h5-6,11,13-14,17H,7-10H2,1-4H3. The molecule has 0 unspecified atom stereocenters. The third kappa shape index (κ3) is 5.03. The molecule has 1 saturated heterocycles. The number of nitrogens with zero attached hydrogens (tertiary/aromatic N) is 5. The molecule has 2 aromatic rings. The van der Waals surface area contributed by atoms with Crippen LogP contribution in [0.1, 0.15) is 39.2 Å². The zero-order valence-electron chi connectivity index (χ0n) is 17.7. The number of rotatable bonds is 3. The van der Waals surface area contributed by atoms with E-state index >= 15 is 0 Å². The molecule has 0 saturated carbocycles. The van der Waals surface area contributed by atoms with Crippen LogP contribution >= 0.6 is 0 Å². The highest BCUT2D eigenvalue weighted by Gasteiger charge is 2.29. The number of carbonyl (C=O) groups is 1. The Kier molecular flexibility index (Phi) is 6.20. The van der Waals surface area contributed by atoms with Crippen LogP contribution in [0.5, 0.6) is 0 Å². The van der Waals surface area contributed by atoms with Gasteiger partial charge in [0.05, 0.1) is 23.7 Å². The molecule has 0 radical (unpaired) electrons. The summed E-state index contributed by atoms with van der Waals surface area (Å²) in [6, 6.07) is 6.32. The van der Waals surface area contributed by atoms with Gasteiger partial charge in [0, 0.05) is 31.7 Å². The fraction of sp³-hybridized carbons (Fsp3) is 0.455. The highest BCUT2D eigenvalue weighted by molar-refractivity contribution is 5.68. The predicted octanol–water partition coefficient (Wildman–Crippen LogP) is 3.99. The second kappa shape index (κ2) is 8.66. The van der Waals surface area contributed by atoms with Crippen molar-refractivity contribution in [3.8, 4) is 17.3 Å². The molecule has 7 nitrogen and oxygen atoms in total. The number of aromatic nitrogens is 2. The Labute approximate surface area is 176 Å². The number of hydrogen-bond acceptors (Lipinski definition) is 6. The van der Waals surface area contributed by atoms with Gasteiger partial charge in [-0.05, 0) is 45.7 Å². The minimum absolute atomic E-state index is 0.000886. The molecule has 1 aromatic heterocycles. The Morgan fingerprint density at radius 2 is 2.00 bits per heavy atom. The fourth-order valence-corrected chi connectivity index (χ4v) is 3.38. The molecule has 0 spiro atoms. The maximum absolute atomic E-state index is 14.0. The third-order valence-electron chi connectivity index (χ3n) is 5.02. The van der Waals surface area contributed by atoms with E-state index in [1.54, 1.807) is 30.4 Å². The molecule has 0 atom stereocenters. The number of benzene rings is 1. The largest absolute Gasteiger partial charge is 0.444 e. The molecular formula is C22H26FN5O2. The highest BCUT2D eigenvalue weighted by atomic mass is 19.1. The quantitative estimate of drug-likeness (QED) is 0.760. The lowest BCUT2D eigenvalue weighted by Gasteiger charge is -2.37. The first-order valence-electron chi connectivity index (χ1n) is 9.91. The van der Waals surface area contributed by atoms with Crippen molar-refractivity contribution < 1.29 is 13.9 Å². The maximum Gasteiger partial charge on any atom is 0.410 e. The number of amides is 1. The maximum atomic E-state index is 14.0. The van der Waals surface area contributed by atoms with Crippen molar-refractivity contribution in [2.24, 2.45) is 0 Å². The van der Waals surface area contributed by atoms with Gasteiger partial charge in [-0.3, -0.25) is 4.98 Å². The Balaban J connectivity index is 1.67. The third-order valence-corrected chi connectivity index (χ3v) is 5.02. The van der Waals surface area contributed by atoms with Crippen LogP contribution in [0.2, 0.25) is 0 Å². The number of piperidine rings is 1. The van der Waals surface area contributed by atoms with Crippen LogP contribution in [0.25, 0.3) is 11.3 Å².